The SMILES string of the molecule is CC(C)(CO)CNS(=O)(=O)C(F)(F)F. The second-order valence-electron chi connectivity index (χ2n) is 3.59. The summed E-state index contributed by atoms with van der Waals surface area (Å²) in [5.74, 6) is 0. The van der Waals surface area contributed by atoms with E-state index in [0.29, 0.717) is 0 Å². The fourth-order valence-corrected chi connectivity index (χ4v) is 1.17. The van der Waals surface area contributed by atoms with E-state index in [1.54, 1.807) is 0 Å². The van der Waals surface area contributed by atoms with E-state index in [9.17, 15) is 21.6 Å². The van der Waals surface area contributed by atoms with Crippen molar-refractivity contribution >= 4 is 10.0 Å². The highest BCUT2D eigenvalue weighted by molar-refractivity contribution is 7.90. The smallest absolute Gasteiger partial charge is 0.396 e. The van der Waals surface area contributed by atoms with Crippen LogP contribution in [0.25, 0.3) is 0 Å². The predicted molar refractivity (Wildman–Crippen MR) is 43.8 cm³/mol. The summed E-state index contributed by atoms with van der Waals surface area (Å²) in [5.41, 5.74) is -6.23. The molecule has 0 aromatic heterocycles. The molecule has 8 heteroatoms. The summed E-state index contributed by atoms with van der Waals surface area (Å²) in [6, 6.07) is 0. The zero-order valence-corrected chi connectivity index (χ0v) is 8.54. The van der Waals surface area contributed by atoms with E-state index in [1.807, 2.05) is 0 Å². The van der Waals surface area contributed by atoms with Crippen molar-refractivity contribution in [2.24, 2.45) is 5.41 Å². The highest BCUT2D eigenvalue weighted by Crippen LogP contribution is 2.22. The van der Waals surface area contributed by atoms with Crippen molar-refractivity contribution in [2.75, 3.05) is 13.2 Å². The van der Waals surface area contributed by atoms with Gasteiger partial charge in [-0.25, -0.2) is 13.1 Å². The first-order chi connectivity index (χ1) is 6.02. The Balaban J connectivity index is 4.43. The average molecular weight is 235 g/mol. The summed E-state index contributed by atoms with van der Waals surface area (Å²) in [6.45, 7) is 2.00. The van der Waals surface area contributed by atoms with Crippen LogP contribution in [-0.2, 0) is 10.0 Å². The molecule has 0 saturated carbocycles. The standard InChI is InChI=1S/C6H12F3NO3S/c1-5(2,4-11)3-10-14(12,13)6(7,8)9/h10-11H,3-4H2,1-2H3. The molecule has 0 saturated heterocycles. The molecule has 0 spiro atoms. The minimum atomic E-state index is -5.31. The molecule has 86 valence electrons. The molecule has 0 unspecified atom stereocenters. The average Bonchev–Trinajstić information content (AvgIpc) is 1.99. The van der Waals surface area contributed by atoms with Gasteiger partial charge in [0.2, 0.25) is 0 Å². The molecule has 0 aromatic rings. The molecular formula is C6H12F3NO3S. The van der Waals surface area contributed by atoms with Crippen LogP contribution >= 0.6 is 0 Å². The van der Waals surface area contributed by atoms with Crippen LogP contribution in [0.4, 0.5) is 13.2 Å². The Labute approximate surface area is 80.2 Å². The molecule has 4 nitrogen and oxygen atoms in total. The van der Waals surface area contributed by atoms with Crippen LogP contribution in [0.3, 0.4) is 0 Å². The highest BCUT2D eigenvalue weighted by Gasteiger charge is 2.46. The Morgan fingerprint density at radius 3 is 2.00 bits per heavy atom. The lowest BCUT2D eigenvalue weighted by molar-refractivity contribution is -0.0450. The molecule has 0 rings (SSSR count). The second-order valence-corrected chi connectivity index (χ2v) is 5.35. The summed E-state index contributed by atoms with van der Waals surface area (Å²) >= 11 is 0. The zero-order valence-electron chi connectivity index (χ0n) is 7.72. The minimum Gasteiger partial charge on any atom is -0.396 e. The van der Waals surface area contributed by atoms with Crippen molar-refractivity contribution < 1.29 is 26.7 Å². The third-order valence-electron chi connectivity index (χ3n) is 1.47. The molecule has 0 aliphatic carbocycles. The van der Waals surface area contributed by atoms with Crippen molar-refractivity contribution in [1.29, 1.82) is 0 Å². The van der Waals surface area contributed by atoms with Gasteiger partial charge < -0.3 is 5.11 Å². The van der Waals surface area contributed by atoms with Crippen molar-refractivity contribution in [2.45, 2.75) is 19.4 Å². The maximum Gasteiger partial charge on any atom is 0.511 e. The van der Waals surface area contributed by atoms with Gasteiger partial charge >= 0.3 is 15.5 Å². The monoisotopic (exact) mass is 235 g/mol. The number of nitrogens with one attached hydrogen (secondary N) is 1. The first-order valence-corrected chi connectivity index (χ1v) is 5.17. The fourth-order valence-electron chi connectivity index (χ4n) is 0.428. The molecule has 0 heterocycles. The van der Waals surface area contributed by atoms with E-state index < -0.39 is 34.1 Å². The van der Waals surface area contributed by atoms with Crippen molar-refractivity contribution in [1.82, 2.24) is 4.72 Å². The fraction of sp³-hybridized carbons (Fsp3) is 1.00. The second kappa shape index (κ2) is 4.03. The molecule has 0 fully saturated rings. The number of rotatable bonds is 4. The van der Waals surface area contributed by atoms with Crippen LogP contribution in [-0.4, -0.2) is 32.2 Å². The van der Waals surface area contributed by atoms with E-state index in [2.05, 4.69) is 0 Å². The predicted octanol–water partition coefficient (Wildman–Crippen LogP) is 0.444. The van der Waals surface area contributed by atoms with Gasteiger partial charge in [-0.3, -0.25) is 0 Å². The van der Waals surface area contributed by atoms with E-state index >= 15 is 0 Å². The van der Waals surface area contributed by atoms with Gasteiger partial charge in [-0.2, -0.15) is 13.2 Å². The lowest BCUT2D eigenvalue weighted by Gasteiger charge is -2.22. The molecule has 0 bridgehead atoms. The number of alkyl halides is 3. The quantitative estimate of drug-likeness (QED) is 0.743. The van der Waals surface area contributed by atoms with Crippen LogP contribution in [0.2, 0.25) is 0 Å². The highest BCUT2D eigenvalue weighted by atomic mass is 32.2. The lowest BCUT2D eigenvalue weighted by Crippen LogP contribution is -2.42. The molecule has 0 aliphatic rings. The molecule has 0 radical (unpaired) electrons. The van der Waals surface area contributed by atoms with Gasteiger partial charge in [-0.1, -0.05) is 13.8 Å². The summed E-state index contributed by atoms with van der Waals surface area (Å²) in [5, 5.41) is 8.68. The van der Waals surface area contributed by atoms with Gasteiger partial charge in [-0.05, 0) is 0 Å². The van der Waals surface area contributed by atoms with Crippen LogP contribution in [0.1, 0.15) is 13.8 Å². The van der Waals surface area contributed by atoms with Crippen LogP contribution in [0.15, 0.2) is 0 Å². The van der Waals surface area contributed by atoms with Gasteiger partial charge in [0.15, 0.2) is 0 Å². The van der Waals surface area contributed by atoms with Gasteiger partial charge in [0, 0.05) is 18.6 Å². The Bertz CT molecular complexity index is 283. The van der Waals surface area contributed by atoms with Crippen LogP contribution in [0, 0.1) is 5.41 Å². The summed E-state index contributed by atoms with van der Waals surface area (Å²) in [6.07, 6.45) is 0. The Hall–Kier alpha value is -0.340. The Morgan fingerprint density at radius 2 is 1.71 bits per heavy atom. The third-order valence-corrected chi connectivity index (χ3v) is 2.61. The zero-order chi connectivity index (χ0) is 11.6. The van der Waals surface area contributed by atoms with Crippen molar-refractivity contribution in [3.05, 3.63) is 0 Å². The van der Waals surface area contributed by atoms with Crippen molar-refractivity contribution in [3.63, 3.8) is 0 Å². The number of sulfonamides is 1. The largest absolute Gasteiger partial charge is 0.511 e. The van der Waals surface area contributed by atoms with E-state index in [-0.39, 0.29) is 0 Å². The summed E-state index contributed by atoms with van der Waals surface area (Å²) in [4.78, 5) is 0. The number of halogens is 3. The Morgan fingerprint density at radius 1 is 1.29 bits per heavy atom. The van der Waals surface area contributed by atoms with E-state index in [1.165, 1.54) is 18.6 Å². The number of hydrogen-bond donors (Lipinski definition) is 2. The third kappa shape index (κ3) is 3.81. The molecule has 2 N–H and O–H groups in total. The van der Waals surface area contributed by atoms with E-state index in [4.69, 9.17) is 5.11 Å². The molecule has 0 aromatic carbocycles. The van der Waals surface area contributed by atoms with Gasteiger partial charge in [-0.15, -0.1) is 0 Å². The Kier molecular flexibility index (Phi) is 3.93. The van der Waals surface area contributed by atoms with Gasteiger partial charge in [0.05, 0.1) is 0 Å². The molecule has 0 aliphatic heterocycles. The maximum atomic E-state index is 11.8. The molecule has 14 heavy (non-hydrogen) atoms. The maximum absolute atomic E-state index is 11.8. The topological polar surface area (TPSA) is 66.4 Å². The summed E-state index contributed by atoms with van der Waals surface area (Å²) < 4.78 is 57.8. The number of aliphatic hydroxyl groups excluding tert-OH is 1. The summed E-state index contributed by atoms with van der Waals surface area (Å²) in [7, 11) is -5.30. The van der Waals surface area contributed by atoms with Crippen molar-refractivity contribution in [3.8, 4) is 0 Å². The van der Waals surface area contributed by atoms with Crippen LogP contribution in [0.5, 0.6) is 0 Å². The lowest BCUT2D eigenvalue weighted by atomic mass is 9.96. The minimum absolute atomic E-state index is 0.409. The van der Waals surface area contributed by atoms with Crippen LogP contribution < -0.4 is 4.72 Å². The van der Waals surface area contributed by atoms with E-state index in [0.717, 1.165) is 0 Å². The molecular weight excluding hydrogens is 223 g/mol. The van der Waals surface area contributed by atoms with Gasteiger partial charge in [0.1, 0.15) is 0 Å². The first kappa shape index (κ1) is 13.7. The van der Waals surface area contributed by atoms with Gasteiger partial charge in [0.25, 0.3) is 0 Å². The molecule has 0 amide bonds. The number of hydrogen-bond acceptors (Lipinski definition) is 3. The number of aliphatic hydroxyl groups is 1. The molecule has 0 atom stereocenters. The normalized spacial score (nSPS) is 14.4. The first-order valence-electron chi connectivity index (χ1n) is 3.69.